The predicted octanol–water partition coefficient (Wildman–Crippen LogP) is 1.66. The smallest absolute Gasteiger partial charge is 0.222 e. The number of aryl methyl sites for hydroxylation is 1. The molecule has 1 aliphatic heterocycles. The molecular weight excluding hydrogens is 246 g/mol. The van der Waals surface area contributed by atoms with E-state index in [9.17, 15) is 4.79 Å². The molecule has 100 valence electrons. The third-order valence-corrected chi connectivity index (χ3v) is 4.38. The molecule has 4 nitrogen and oxygen atoms in total. The highest BCUT2D eigenvalue weighted by atomic mass is 32.1. The van der Waals surface area contributed by atoms with Crippen molar-refractivity contribution in [3.63, 3.8) is 0 Å². The minimum atomic E-state index is 0.0224. The topological polar surface area (TPSA) is 59.2 Å². The summed E-state index contributed by atoms with van der Waals surface area (Å²) in [5.41, 5.74) is 8.93. The van der Waals surface area contributed by atoms with Gasteiger partial charge in [-0.1, -0.05) is 13.8 Å². The standard InChI is InChI=1S/C13H21N3OS/c1-13(2)8-16(6-5-11(13)14)12(17)4-3-10-7-18-9-15-10/h7,9,11H,3-6,8,14H2,1-2H3. The summed E-state index contributed by atoms with van der Waals surface area (Å²) in [5.74, 6) is 0.225. The Morgan fingerprint density at radius 1 is 1.67 bits per heavy atom. The van der Waals surface area contributed by atoms with Gasteiger partial charge in [-0.25, -0.2) is 4.98 Å². The van der Waals surface area contributed by atoms with Gasteiger partial charge in [-0.2, -0.15) is 0 Å². The zero-order valence-electron chi connectivity index (χ0n) is 11.1. The van der Waals surface area contributed by atoms with Crippen LogP contribution in [-0.2, 0) is 11.2 Å². The molecule has 5 heteroatoms. The first kappa shape index (κ1) is 13.5. The molecule has 1 aliphatic rings. The summed E-state index contributed by atoms with van der Waals surface area (Å²) in [6, 6.07) is 0.195. The Bertz CT molecular complexity index is 402. The second kappa shape index (κ2) is 5.36. The first-order chi connectivity index (χ1) is 8.49. The van der Waals surface area contributed by atoms with E-state index in [1.54, 1.807) is 11.3 Å². The second-order valence-corrected chi connectivity index (χ2v) is 6.40. The number of hydrogen-bond donors (Lipinski definition) is 1. The molecule has 2 N–H and O–H groups in total. The van der Waals surface area contributed by atoms with Crippen LogP contribution in [0.25, 0.3) is 0 Å². The number of amides is 1. The molecule has 1 aromatic heterocycles. The highest BCUT2D eigenvalue weighted by molar-refractivity contribution is 7.07. The first-order valence-electron chi connectivity index (χ1n) is 6.39. The van der Waals surface area contributed by atoms with Gasteiger partial charge in [-0.05, 0) is 18.3 Å². The quantitative estimate of drug-likeness (QED) is 0.906. The van der Waals surface area contributed by atoms with E-state index < -0.39 is 0 Å². The van der Waals surface area contributed by atoms with E-state index in [1.165, 1.54) is 0 Å². The minimum absolute atomic E-state index is 0.0224. The molecule has 0 aromatic carbocycles. The van der Waals surface area contributed by atoms with Gasteiger partial charge in [0, 0.05) is 30.9 Å². The lowest BCUT2D eigenvalue weighted by atomic mass is 9.79. The van der Waals surface area contributed by atoms with Gasteiger partial charge in [0.15, 0.2) is 0 Å². The van der Waals surface area contributed by atoms with Gasteiger partial charge in [0.25, 0.3) is 0 Å². The molecule has 0 aliphatic carbocycles. The lowest BCUT2D eigenvalue weighted by Crippen LogP contribution is -2.54. The Morgan fingerprint density at radius 3 is 3.06 bits per heavy atom. The van der Waals surface area contributed by atoms with Gasteiger partial charge in [-0.3, -0.25) is 4.79 Å². The van der Waals surface area contributed by atoms with Crippen molar-refractivity contribution >= 4 is 17.2 Å². The molecule has 18 heavy (non-hydrogen) atoms. The van der Waals surface area contributed by atoms with E-state index in [2.05, 4.69) is 18.8 Å². The Labute approximate surface area is 112 Å². The molecule has 2 heterocycles. The molecule has 2 rings (SSSR count). The first-order valence-corrected chi connectivity index (χ1v) is 7.34. The van der Waals surface area contributed by atoms with Crippen molar-refractivity contribution in [1.29, 1.82) is 0 Å². The fourth-order valence-electron chi connectivity index (χ4n) is 2.34. The molecule has 1 fully saturated rings. The Hall–Kier alpha value is -0.940. The summed E-state index contributed by atoms with van der Waals surface area (Å²) >= 11 is 1.57. The van der Waals surface area contributed by atoms with Gasteiger partial charge in [0.2, 0.25) is 5.91 Å². The number of carbonyl (C=O) groups excluding carboxylic acids is 1. The number of likely N-dealkylation sites (tertiary alicyclic amines) is 1. The van der Waals surface area contributed by atoms with Crippen molar-refractivity contribution in [3.8, 4) is 0 Å². The van der Waals surface area contributed by atoms with Gasteiger partial charge in [-0.15, -0.1) is 11.3 Å². The van der Waals surface area contributed by atoms with Crippen LogP contribution in [0.15, 0.2) is 10.9 Å². The highest BCUT2D eigenvalue weighted by Gasteiger charge is 2.34. The van der Waals surface area contributed by atoms with Crippen LogP contribution in [-0.4, -0.2) is 34.9 Å². The number of thiazole rings is 1. The molecule has 1 amide bonds. The van der Waals surface area contributed by atoms with Crippen LogP contribution in [0.2, 0.25) is 0 Å². The number of carbonyl (C=O) groups is 1. The summed E-state index contributed by atoms with van der Waals surface area (Å²) in [6.45, 7) is 5.83. The normalized spacial score (nSPS) is 23.1. The van der Waals surface area contributed by atoms with E-state index >= 15 is 0 Å². The summed E-state index contributed by atoms with van der Waals surface area (Å²) in [6.07, 6.45) is 2.19. The molecule has 1 unspecified atom stereocenters. The van der Waals surface area contributed by atoms with Crippen molar-refractivity contribution in [3.05, 3.63) is 16.6 Å². The maximum absolute atomic E-state index is 12.1. The Balaban J connectivity index is 1.86. The van der Waals surface area contributed by atoms with Crippen LogP contribution in [0.1, 0.15) is 32.4 Å². The van der Waals surface area contributed by atoms with E-state index in [0.29, 0.717) is 6.42 Å². The van der Waals surface area contributed by atoms with Crippen LogP contribution < -0.4 is 5.73 Å². The predicted molar refractivity (Wildman–Crippen MR) is 73.4 cm³/mol. The molecule has 1 aromatic rings. The summed E-state index contributed by atoms with van der Waals surface area (Å²) in [7, 11) is 0. The van der Waals surface area contributed by atoms with Crippen molar-refractivity contribution in [2.24, 2.45) is 11.1 Å². The monoisotopic (exact) mass is 267 g/mol. The Kier molecular flexibility index (Phi) is 4.02. The van der Waals surface area contributed by atoms with Gasteiger partial charge in [0.05, 0.1) is 11.2 Å². The second-order valence-electron chi connectivity index (χ2n) is 5.68. The molecule has 0 bridgehead atoms. The molecule has 0 radical (unpaired) electrons. The molecular formula is C13H21N3OS. The van der Waals surface area contributed by atoms with Crippen LogP contribution in [0.5, 0.6) is 0 Å². The number of piperidine rings is 1. The van der Waals surface area contributed by atoms with E-state index in [1.807, 2.05) is 15.8 Å². The van der Waals surface area contributed by atoms with Crippen molar-refractivity contribution in [1.82, 2.24) is 9.88 Å². The van der Waals surface area contributed by atoms with Crippen molar-refractivity contribution in [2.75, 3.05) is 13.1 Å². The van der Waals surface area contributed by atoms with E-state index in [-0.39, 0.29) is 17.4 Å². The van der Waals surface area contributed by atoms with Crippen LogP contribution in [0.4, 0.5) is 0 Å². The minimum Gasteiger partial charge on any atom is -0.342 e. The van der Waals surface area contributed by atoms with Gasteiger partial charge < -0.3 is 10.6 Å². The average molecular weight is 267 g/mol. The number of nitrogens with zero attached hydrogens (tertiary/aromatic N) is 2. The summed E-state index contributed by atoms with van der Waals surface area (Å²) in [4.78, 5) is 18.3. The van der Waals surface area contributed by atoms with E-state index in [4.69, 9.17) is 5.73 Å². The van der Waals surface area contributed by atoms with Crippen LogP contribution in [0.3, 0.4) is 0 Å². The summed E-state index contributed by atoms with van der Waals surface area (Å²) < 4.78 is 0. The largest absolute Gasteiger partial charge is 0.342 e. The number of nitrogens with two attached hydrogens (primary N) is 1. The average Bonchev–Trinajstić information content (AvgIpc) is 2.82. The zero-order valence-corrected chi connectivity index (χ0v) is 11.9. The number of rotatable bonds is 3. The number of hydrogen-bond acceptors (Lipinski definition) is 4. The van der Waals surface area contributed by atoms with Gasteiger partial charge in [0.1, 0.15) is 0 Å². The fourth-order valence-corrected chi connectivity index (χ4v) is 2.93. The SMILES string of the molecule is CC1(C)CN(C(=O)CCc2cscn2)CCC1N. The molecule has 0 spiro atoms. The number of aromatic nitrogens is 1. The van der Waals surface area contributed by atoms with Crippen molar-refractivity contribution in [2.45, 2.75) is 39.2 Å². The third kappa shape index (κ3) is 3.09. The van der Waals surface area contributed by atoms with Gasteiger partial charge >= 0.3 is 0 Å². The van der Waals surface area contributed by atoms with E-state index in [0.717, 1.165) is 31.6 Å². The van der Waals surface area contributed by atoms with Crippen LogP contribution >= 0.6 is 11.3 Å². The van der Waals surface area contributed by atoms with Crippen LogP contribution in [0, 0.1) is 5.41 Å². The third-order valence-electron chi connectivity index (χ3n) is 3.74. The lowest BCUT2D eigenvalue weighted by Gasteiger charge is -2.42. The summed E-state index contributed by atoms with van der Waals surface area (Å²) in [5, 5.41) is 2.00. The fraction of sp³-hybridized carbons (Fsp3) is 0.692. The molecule has 1 atom stereocenters. The highest BCUT2D eigenvalue weighted by Crippen LogP contribution is 2.28. The Morgan fingerprint density at radius 2 is 2.44 bits per heavy atom. The zero-order chi connectivity index (χ0) is 13.2. The molecule has 0 saturated carbocycles. The maximum atomic E-state index is 12.1. The van der Waals surface area contributed by atoms with Crippen molar-refractivity contribution < 1.29 is 4.79 Å². The lowest BCUT2D eigenvalue weighted by molar-refractivity contribution is -0.134. The molecule has 1 saturated heterocycles. The maximum Gasteiger partial charge on any atom is 0.222 e.